The molecule has 84 valence electrons. The van der Waals surface area contributed by atoms with Gasteiger partial charge in [-0.2, -0.15) is 0 Å². The molecule has 1 aliphatic heterocycles. The summed E-state index contributed by atoms with van der Waals surface area (Å²) in [6.07, 6.45) is 1.71. The van der Waals surface area contributed by atoms with Crippen molar-refractivity contribution in [1.82, 2.24) is 0 Å². The lowest BCUT2D eigenvalue weighted by molar-refractivity contribution is 0.0591. The SMILES string of the molecule is O=S1(=O)CCC(O)(CCc2cccs2)C1. The fourth-order valence-electron chi connectivity index (χ4n) is 1.91. The Morgan fingerprint density at radius 2 is 2.33 bits per heavy atom. The Balaban J connectivity index is 1.95. The largest absolute Gasteiger partial charge is 0.389 e. The molecule has 0 saturated carbocycles. The smallest absolute Gasteiger partial charge is 0.153 e. The molecule has 1 aromatic heterocycles. The van der Waals surface area contributed by atoms with Gasteiger partial charge >= 0.3 is 0 Å². The van der Waals surface area contributed by atoms with Crippen LogP contribution in [0, 0.1) is 0 Å². The van der Waals surface area contributed by atoms with Gasteiger partial charge in [0.1, 0.15) is 0 Å². The molecule has 1 atom stereocenters. The minimum Gasteiger partial charge on any atom is -0.389 e. The summed E-state index contributed by atoms with van der Waals surface area (Å²) >= 11 is 1.64. The highest BCUT2D eigenvalue weighted by atomic mass is 32.2. The van der Waals surface area contributed by atoms with Crippen LogP contribution in [-0.4, -0.2) is 30.6 Å². The molecule has 3 nitrogen and oxygen atoms in total. The zero-order chi connectivity index (χ0) is 10.9. The highest BCUT2D eigenvalue weighted by Gasteiger charge is 2.39. The number of rotatable bonds is 3. The minimum atomic E-state index is -2.99. The van der Waals surface area contributed by atoms with Crippen molar-refractivity contribution in [1.29, 1.82) is 0 Å². The van der Waals surface area contributed by atoms with Crippen molar-refractivity contribution in [3.63, 3.8) is 0 Å². The molecule has 0 aromatic carbocycles. The topological polar surface area (TPSA) is 54.4 Å². The highest BCUT2D eigenvalue weighted by Crippen LogP contribution is 2.28. The van der Waals surface area contributed by atoms with Crippen molar-refractivity contribution < 1.29 is 13.5 Å². The predicted molar refractivity (Wildman–Crippen MR) is 60.9 cm³/mol. The predicted octanol–water partition coefficient (Wildman–Crippen LogP) is 1.23. The number of hydrogen-bond acceptors (Lipinski definition) is 4. The first-order chi connectivity index (χ1) is 6.99. The van der Waals surface area contributed by atoms with Crippen molar-refractivity contribution in [2.24, 2.45) is 0 Å². The molecule has 0 amide bonds. The van der Waals surface area contributed by atoms with Crippen molar-refractivity contribution in [2.45, 2.75) is 24.9 Å². The van der Waals surface area contributed by atoms with E-state index < -0.39 is 15.4 Å². The Bertz CT molecular complexity index is 422. The molecule has 15 heavy (non-hydrogen) atoms. The molecule has 2 heterocycles. The molecule has 1 unspecified atom stereocenters. The summed E-state index contributed by atoms with van der Waals surface area (Å²) in [5, 5.41) is 12.0. The van der Waals surface area contributed by atoms with Gasteiger partial charge in [-0.15, -0.1) is 11.3 Å². The molecule has 0 radical (unpaired) electrons. The maximum Gasteiger partial charge on any atom is 0.153 e. The van der Waals surface area contributed by atoms with Gasteiger partial charge in [-0.25, -0.2) is 8.42 Å². The van der Waals surface area contributed by atoms with Gasteiger partial charge in [0.05, 0.1) is 17.1 Å². The van der Waals surface area contributed by atoms with Crippen LogP contribution in [0.3, 0.4) is 0 Å². The van der Waals surface area contributed by atoms with E-state index in [1.807, 2.05) is 17.5 Å². The van der Waals surface area contributed by atoms with E-state index in [0.717, 1.165) is 6.42 Å². The summed E-state index contributed by atoms with van der Waals surface area (Å²) < 4.78 is 22.5. The van der Waals surface area contributed by atoms with Crippen LogP contribution in [0.25, 0.3) is 0 Å². The van der Waals surface area contributed by atoms with Gasteiger partial charge in [0.25, 0.3) is 0 Å². The van der Waals surface area contributed by atoms with E-state index in [9.17, 15) is 13.5 Å². The molecule has 5 heteroatoms. The molecule has 1 aliphatic rings. The van der Waals surface area contributed by atoms with E-state index in [-0.39, 0.29) is 11.5 Å². The van der Waals surface area contributed by atoms with Crippen molar-refractivity contribution >= 4 is 21.2 Å². The second-order valence-electron chi connectivity index (χ2n) is 4.15. The van der Waals surface area contributed by atoms with Crippen LogP contribution in [-0.2, 0) is 16.3 Å². The van der Waals surface area contributed by atoms with Crippen molar-refractivity contribution in [3.8, 4) is 0 Å². The van der Waals surface area contributed by atoms with Gasteiger partial charge < -0.3 is 5.11 Å². The van der Waals surface area contributed by atoms with Gasteiger partial charge in [-0.05, 0) is 30.7 Å². The monoisotopic (exact) mass is 246 g/mol. The maximum absolute atomic E-state index is 11.3. The zero-order valence-electron chi connectivity index (χ0n) is 8.35. The molecular formula is C10H14O3S2. The lowest BCUT2D eigenvalue weighted by atomic mass is 9.97. The molecule has 1 fully saturated rings. The summed E-state index contributed by atoms with van der Waals surface area (Å²) in [6.45, 7) is 0. The molecule has 1 aromatic rings. The van der Waals surface area contributed by atoms with Crippen molar-refractivity contribution in [3.05, 3.63) is 22.4 Å². The highest BCUT2D eigenvalue weighted by molar-refractivity contribution is 7.91. The van der Waals surface area contributed by atoms with E-state index in [1.54, 1.807) is 11.3 Å². The average Bonchev–Trinajstić information content (AvgIpc) is 2.71. The van der Waals surface area contributed by atoms with E-state index in [4.69, 9.17) is 0 Å². The second kappa shape index (κ2) is 3.88. The fraction of sp³-hybridized carbons (Fsp3) is 0.600. The third kappa shape index (κ3) is 2.80. The molecule has 0 spiro atoms. The van der Waals surface area contributed by atoms with Gasteiger partial charge in [0.15, 0.2) is 9.84 Å². The fourth-order valence-corrected chi connectivity index (χ4v) is 4.56. The summed E-state index contributed by atoms with van der Waals surface area (Å²) in [4.78, 5) is 1.20. The Morgan fingerprint density at radius 1 is 1.53 bits per heavy atom. The second-order valence-corrected chi connectivity index (χ2v) is 7.36. The molecule has 0 bridgehead atoms. The first kappa shape index (κ1) is 11.1. The average molecular weight is 246 g/mol. The quantitative estimate of drug-likeness (QED) is 0.872. The van der Waals surface area contributed by atoms with Gasteiger partial charge in [0.2, 0.25) is 0 Å². The van der Waals surface area contributed by atoms with E-state index in [0.29, 0.717) is 12.8 Å². The van der Waals surface area contributed by atoms with Crippen LogP contribution in [0.1, 0.15) is 17.7 Å². The molecule has 0 aliphatic carbocycles. The Labute approximate surface area is 93.7 Å². The summed E-state index contributed by atoms with van der Waals surface area (Å²) in [6, 6.07) is 3.98. The van der Waals surface area contributed by atoms with Crippen LogP contribution in [0.5, 0.6) is 0 Å². The Kier molecular flexibility index (Phi) is 2.87. The summed E-state index contributed by atoms with van der Waals surface area (Å²) in [7, 11) is -2.99. The van der Waals surface area contributed by atoms with E-state index >= 15 is 0 Å². The molecular weight excluding hydrogens is 232 g/mol. The first-order valence-corrected chi connectivity index (χ1v) is 7.64. The molecule has 1 saturated heterocycles. The van der Waals surface area contributed by atoms with E-state index in [1.165, 1.54) is 4.88 Å². The molecule has 1 N–H and O–H groups in total. The summed E-state index contributed by atoms with van der Waals surface area (Å²) in [5.74, 6) is 0.0688. The normalized spacial score (nSPS) is 29.4. The van der Waals surface area contributed by atoms with Gasteiger partial charge in [0, 0.05) is 4.88 Å². The minimum absolute atomic E-state index is 0.0641. The van der Waals surface area contributed by atoms with E-state index in [2.05, 4.69) is 0 Å². The lowest BCUT2D eigenvalue weighted by Gasteiger charge is -2.19. The van der Waals surface area contributed by atoms with Crippen LogP contribution >= 0.6 is 11.3 Å². The van der Waals surface area contributed by atoms with Crippen LogP contribution in [0.15, 0.2) is 17.5 Å². The van der Waals surface area contributed by atoms with Crippen LogP contribution in [0.2, 0.25) is 0 Å². The number of hydrogen-bond donors (Lipinski definition) is 1. The zero-order valence-corrected chi connectivity index (χ0v) is 9.98. The van der Waals surface area contributed by atoms with Crippen LogP contribution < -0.4 is 0 Å². The number of aliphatic hydroxyl groups is 1. The molecule has 2 rings (SSSR count). The number of sulfone groups is 1. The Morgan fingerprint density at radius 3 is 2.87 bits per heavy atom. The van der Waals surface area contributed by atoms with Crippen molar-refractivity contribution in [2.75, 3.05) is 11.5 Å². The Hall–Kier alpha value is -0.390. The third-order valence-corrected chi connectivity index (χ3v) is 5.52. The van der Waals surface area contributed by atoms with Gasteiger partial charge in [-0.3, -0.25) is 0 Å². The van der Waals surface area contributed by atoms with Gasteiger partial charge in [-0.1, -0.05) is 6.07 Å². The number of thiophene rings is 1. The summed E-state index contributed by atoms with van der Waals surface area (Å²) in [5.41, 5.74) is -0.983. The van der Waals surface area contributed by atoms with Crippen LogP contribution in [0.4, 0.5) is 0 Å². The maximum atomic E-state index is 11.3. The number of aryl methyl sites for hydroxylation is 1. The first-order valence-electron chi connectivity index (χ1n) is 4.94. The third-order valence-electron chi connectivity index (χ3n) is 2.78. The lowest BCUT2D eigenvalue weighted by Crippen LogP contribution is -2.30. The standard InChI is InChI=1S/C10H14O3S2/c11-10(5-7-15(12,13)8-10)4-3-9-2-1-6-14-9/h1-2,6,11H,3-5,7-8H2.